The topological polar surface area (TPSA) is 33.6 Å². The molecular formula is C17H22N2O. The summed E-state index contributed by atoms with van der Waals surface area (Å²) >= 11 is 0. The van der Waals surface area contributed by atoms with E-state index in [-0.39, 0.29) is 0 Å². The van der Waals surface area contributed by atoms with Gasteiger partial charge in [-0.05, 0) is 61.7 Å². The molecule has 1 aromatic rings. The van der Waals surface area contributed by atoms with E-state index in [0.717, 1.165) is 23.9 Å². The van der Waals surface area contributed by atoms with Crippen molar-refractivity contribution in [2.75, 3.05) is 7.11 Å². The third kappa shape index (κ3) is 3.73. The first kappa shape index (κ1) is 14.4. The van der Waals surface area contributed by atoms with Crippen molar-refractivity contribution in [3.05, 3.63) is 53.4 Å². The predicted octanol–water partition coefficient (Wildman–Crippen LogP) is 3.78. The lowest BCUT2D eigenvalue weighted by molar-refractivity contribution is 0.414. The summed E-state index contributed by atoms with van der Waals surface area (Å²) in [5.41, 5.74) is 3.70. The number of hydrogen-bond acceptors (Lipinski definition) is 3. The number of methoxy groups -OCH3 is 1. The summed E-state index contributed by atoms with van der Waals surface area (Å²) in [5, 5.41) is 3.40. The van der Waals surface area contributed by atoms with Crippen molar-refractivity contribution in [2.24, 2.45) is 4.99 Å². The van der Waals surface area contributed by atoms with Crippen molar-refractivity contribution in [2.45, 2.75) is 32.2 Å². The summed E-state index contributed by atoms with van der Waals surface area (Å²) in [6.07, 6.45) is 8.30. The molecule has 1 N–H and O–H groups in total. The Morgan fingerprint density at radius 1 is 1.50 bits per heavy atom. The van der Waals surface area contributed by atoms with Crippen molar-refractivity contribution in [1.29, 1.82) is 0 Å². The normalized spacial score (nSPS) is 15.4. The standard InChI is InChI=1S/C17H22N2O/c1-4-5-15(12-18-2)19-11-14-10-16(20-3)8-9-17(14)13-6-7-13/h4-5,8-10,12-13,19H,2,6-7,11H2,1,3H3/b5-4-,15-12+. The van der Waals surface area contributed by atoms with Crippen LogP contribution in [0.2, 0.25) is 0 Å². The highest BCUT2D eigenvalue weighted by Gasteiger charge is 2.25. The van der Waals surface area contributed by atoms with E-state index in [9.17, 15) is 0 Å². The summed E-state index contributed by atoms with van der Waals surface area (Å²) in [5.74, 6) is 1.63. The number of nitrogens with one attached hydrogen (secondary N) is 1. The number of hydrogen-bond donors (Lipinski definition) is 1. The molecule has 0 amide bonds. The molecule has 0 atom stereocenters. The van der Waals surface area contributed by atoms with Crippen LogP contribution in [0, 0.1) is 0 Å². The average Bonchev–Trinajstić information content (AvgIpc) is 3.29. The largest absolute Gasteiger partial charge is 0.497 e. The smallest absolute Gasteiger partial charge is 0.119 e. The molecule has 0 bridgehead atoms. The first-order valence-corrected chi connectivity index (χ1v) is 6.98. The van der Waals surface area contributed by atoms with Gasteiger partial charge in [0.15, 0.2) is 0 Å². The lowest BCUT2D eigenvalue weighted by atomic mass is 10.0. The second kappa shape index (κ2) is 6.94. The second-order valence-corrected chi connectivity index (χ2v) is 4.96. The van der Waals surface area contributed by atoms with Gasteiger partial charge in [0.1, 0.15) is 5.75 Å². The van der Waals surface area contributed by atoms with Crippen molar-refractivity contribution >= 4 is 6.72 Å². The number of allylic oxidation sites excluding steroid dienone is 2. The Balaban J connectivity index is 2.14. The number of rotatable bonds is 7. The van der Waals surface area contributed by atoms with Crippen LogP contribution >= 0.6 is 0 Å². The molecule has 0 spiro atoms. The van der Waals surface area contributed by atoms with Crippen LogP contribution in [0.5, 0.6) is 5.75 Å². The maximum absolute atomic E-state index is 5.33. The minimum absolute atomic E-state index is 0.726. The lowest BCUT2D eigenvalue weighted by Crippen LogP contribution is -2.12. The lowest BCUT2D eigenvalue weighted by Gasteiger charge is -2.13. The summed E-state index contributed by atoms with van der Waals surface area (Å²) in [4.78, 5) is 3.82. The zero-order valence-electron chi connectivity index (χ0n) is 12.2. The van der Waals surface area contributed by atoms with Crippen LogP contribution in [0.15, 0.2) is 47.2 Å². The minimum atomic E-state index is 0.726. The van der Waals surface area contributed by atoms with Gasteiger partial charge in [-0.2, -0.15) is 0 Å². The van der Waals surface area contributed by atoms with E-state index in [1.54, 1.807) is 13.3 Å². The fourth-order valence-electron chi connectivity index (χ4n) is 2.28. The summed E-state index contributed by atoms with van der Waals surface area (Å²) in [6, 6.07) is 6.36. The van der Waals surface area contributed by atoms with Crippen molar-refractivity contribution < 1.29 is 4.74 Å². The van der Waals surface area contributed by atoms with Crippen LogP contribution in [0.25, 0.3) is 0 Å². The fourth-order valence-corrected chi connectivity index (χ4v) is 2.28. The Hall–Kier alpha value is -2.03. The first-order valence-electron chi connectivity index (χ1n) is 6.98. The molecule has 3 heteroatoms. The van der Waals surface area contributed by atoms with Crippen LogP contribution in [0.1, 0.15) is 36.8 Å². The van der Waals surface area contributed by atoms with E-state index in [0.29, 0.717) is 0 Å². The Kier molecular flexibility index (Phi) is 4.99. The molecule has 0 unspecified atom stereocenters. The van der Waals surface area contributed by atoms with Gasteiger partial charge in [-0.1, -0.05) is 12.1 Å². The molecule has 1 aliphatic carbocycles. The number of nitrogens with zero attached hydrogens (tertiary/aromatic N) is 1. The molecule has 1 aromatic carbocycles. The maximum atomic E-state index is 5.33. The predicted molar refractivity (Wildman–Crippen MR) is 84.3 cm³/mol. The van der Waals surface area contributed by atoms with E-state index >= 15 is 0 Å². The van der Waals surface area contributed by atoms with Gasteiger partial charge >= 0.3 is 0 Å². The van der Waals surface area contributed by atoms with Crippen LogP contribution in [0.4, 0.5) is 0 Å². The van der Waals surface area contributed by atoms with Gasteiger partial charge in [0.2, 0.25) is 0 Å². The number of ether oxygens (including phenoxy) is 1. The Bertz CT molecular complexity index is 528. The second-order valence-electron chi connectivity index (χ2n) is 4.96. The molecule has 0 aromatic heterocycles. The van der Waals surface area contributed by atoms with Gasteiger partial charge in [-0.25, -0.2) is 0 Å². The van der Waals surface area contributed by atoms with Gasteiger partial charge in [-0.3, -0.25) is 4.99 Å². The molecule has 0 radical (unpaired) electrons. The molecule has 1 fully saturated rings. The highest BCUT2D eigenvalue weighted by molar-refractivity contribution is 5.40. The van der Waals surface area contributed by atoms with E-state index < -0.39 is 0 Å². The van der Waals surface area contributed by atoms with Crippen molar-refractivity contribution in [3.63, 3.8) is 0 Å². The molecule has 0 aliphatic heterocycles. The Labute approximate surface area is 121 Å². The first-order chi connectivity index (χ1) is 9.78. The molecule has 0 heterocycles. The molecule has 3 nitrogen and oxygen atoms in total. The van der Waals surface area contributed by atoms with Gasteiger partial charge < -0.3 is 10.1 Å². The molecule has 20 heavy (non-hydrogen) atoms. The van der Waals surface area contributed by atoms with Crippen LogP contribution in [0.3, 0.4) is 0 Å². The van der Waals surface area contributed by atoms with E-state index in [2.05, 4.69) is 29.2 Å². The summed E-state index contributed by atoms with van der Waals surface area (Å²) in [6.45, 7) is 6.26. The van der Waals surface area contributed by atoms with Gasteiger partial charge in [0.05, 0.1) is 12.8 Å². The van der Waals surface area contributed by atoms with Crippen LogP contribution in [-0.4, -0.2) is 13.8 Å². The summed E-state index contributed by atoms with van der Waals surface area (Å²) in [7, 11) is 1.70. The zero-order valence-corrected chi connectivity index (χ0v) is 12.2. The molecule has 1 aliphatic rings. The Morgan fingerprint density at radius 2 is 2.30 bits per heavy atom. The fraction of sp³-hybridized carbons (Fsp3) is 0.353. The van der Waals surface area contributed by atoms with E-state index in [1.807, 2.05) is 25.1 Å². The molecule has 1 saturated carbocycles. The summed E-state index contributed by atoms with van der Waals surface area (Å²) < 4.78 is 5.33. The molecule has 0 saturated heterocycles. The molecule has 2 rings (SSSR count). The highest BCUT2D eigenvalue weighted by atomic mass is 16.5. The molecule has 106 valence electrons. The van der Waals surface area contributed by atoms with Gasteiger partial charge in [0.25, 0.3) is 0 Å². The molecular weight excluding hydrogens is 248 g/mol. The van der Waals surface area contributed by atoms with Gasteiger partial charge in [-0.15, -0.1) is 0 Å². The van der Waals surface area contributed by atoms with E-state index in [4.69, 9.17) is 4.74 Å². The van der Waals surface area contributed by atoms with Crippen LogP contribution in [-0.2, 0) is 6.54 Å². The quantitative estimate of drug-likeness (QED) is 0.604. The zero-order chi connectivity index (χ0) is 14.4. The monoisotopic (exact) mass is 270 g/mol. The van der Waals surface area contributed by atoms with Gasteiger partial charge in [0, 0.05) is 12.7 Å². The van der Waals surface area contributed by atoms with Crippen molar-refractivity contribution in [3.8, 4) is 5.75 Å². The average molecular weight is 270 g/mol. The SMILES string of the molecule is C=N/C=C(\C=C/C)NCc1cc(OC)ccc1C1CC1. The van der Waals surface area contributed by atoms with E-state index in [1.165, 1.54) is 24.0 Å². The number of aliphatic imine (C=N–C) groups is 1. The third-order valence-corrected chi connectivity index (χ3v) is 3.43. The maximum Gasteiger partial charge on any atom is 0.119 e. The Morgan fingerprint density at radius 3 is 2.90 bits per heavy atom. The van der Waals surface area contributed by atoms with Crippen LogP contribution < -0.4 is 10.1 Å². The third-order valence-electron chi connectivity index (χ3n) is 3.43. The number of benzene rings is 1. The van der Waals surface area contributed by atoms with Crippen molar-refractivity contribution in [1.82, 2.24) is 5.32 Å². The highest BCUT2D eigenvalue weighted by Crippen LogP contribution is 2.42. The minimum Gasteiger partial charge on any atom is -0.497 e.